The first-order valence-corrected chi connectivity index (χ1v) is 9.47. The first kappa shape index (κ1) is 20.8. The van der Waals surface area contributed by atoms with Gasteiger partial charge in [-0.3, -0.25) is 0 Å². The van der Waals surface area contributed by atoms with E-state index in [2.05, 4.69) is 37.3 Å². The fraction of sp³-hybridized carbons (Fsp3) is 0.478. The smallest absolute Gasteiger partial charge is 0.236 e. The van der Waals surface area contributed by atoms with Gasteiger partial charge in [-0.25, -0.2) is 4.39 Å². The van der Waals surface area contributed by atoms with Crippen molar-refractivity contribution in [2.75, 3.05) is 0 Å². The predicted molar refractivity (Wildman–Crippen MR) is 99.3 cm³/mol. The fourth-order valence-electron chi connectivity index (χ4n) is 3.86. The van der Waals surface area contributed by atoms with Crippen molar-refractivity contribution in [3.63, 3.8) is 0 Å². The van der Waals surface area contributed by atoms with E-state index in [1.54, 1.807) is 12.1 Å². The van der Waals surface area contributed by atoms with Crippen LogP contribution in [0, 0.1) is 23.7 Å². The molecule has 0 atom stereocenters. The zero-order chi connectivity index (χ0) is 16.8. The molecule has 0 heterocycles. The van der Waals surface area contributed by atoms with Crippen molar-refractivity contribution in [3.8, 4) is 11.1 Å². The Bertz CT molecular complexity index is 627. The Hall–Kier alpha value is -0.526. The number of hydrogen-bond donors (Lipinski definition) is 0. The molecule has 1 aliphatic carbocycles. The van der Waals surface area contributed by atoms with Crippen LogP contribution >= 0.6 is 0 Å². The van der Waals surface area contributed by atoms with Crippen molar-refractivity contribution in [1.29, 1.82) is 0 Å². The first-order valence-electron chi connectivity index (χ1n) is 9.47. The molecule has 3 rings (SSSR count). The van der Waals surface area contributed by atoms with Gasteiger partial charge in [0.2, 0.25) is 0 Å². The molecule has 0 unspecified atom stereocenters. The standard InChI is InChI=1S/C23H28F.Y/c1-18-9-11-19(12-10-18)5-2-3-6-20-13-15-21(16-14-20)22-7-4-8-23(24)17-22;/h4,7,13-19H,2-3,5-6,9-12H2,1H3;/q-1;+3. The number of hydrogen-bond acceptors (Lipinski definition) is 0. The van der Waals surface area contributed by atoms with Crippen molar-refractivity contribution in [2.45, 2.75) is 58.3 Å². The number of rotatable bonds is 6. The number of benzene rings is 2. The SMILES string of the molecule is CC1CCC(CCCCc2ccc(-c3cc[c-]c(F)c3)cc2)CC1.[Y+3]. The van der Waals surface area contributed by atoms with E-state index in [1.165, 1.54) is 50.5 Å². The average molecular weight is 412 g/mol. The van der Waals surface area contributed by atoms with E-state index in [9.17, 15) is 4.39 Å². The van der Waals surface area contributed by atoms with Gasteiger partial charge in [0.25, 0.3) is 0 Å². The van der Waals surface area contributed by atoms with E-state index < -0.39 is 0 Å². The van der Waals surface area contributed by atoms with Gasteiger partial charge in [0.15, 0.2) is 0 Å². The van der Waals surface area contributed by atoms with E-state index in [1.807, 2.05) is 6.07 Å². The number of unbranched alkanes of at least 4 members (excludes halogenated alkanes) is 1. The third-order valence-electron chi connectivity index (χ3n) is 5.52. The van der Waals surface area contributed by atoms with E-state index in [-0.39, 0.29) is 38.5 Å². The third kappa shape index (κ3) is 6.61. The van der Waals surface area contributed by atoms with E-state index in [0.29, 0.717) is 0 Å². The van der Waals surface area contributed by atoms with Crippen LogP contribution in [0.1, 0.15) is 57.4 Å². The maximum Gasteiger partial charge on any atom is 3.00 e. The van der Waals surface area contributed by atoms with Crippen molar-refractivity contribution < 1.29 is 37.1 Å². The molecule has 1 fully saturated rings. The van der Waals surface area contributed by atoms with Crippen LogP contribution in [0.3, 0.4) is 0 Å². The molecule has 0 saturated heterocycles. The van der Waals surface area contributed by atoms with Gasteiger partial charge in [-0.05, 0) is 35.8 Å². The summed E-state index contributed by atoms with van der Waals surface area (Å²) in [6, 6.07) is 16.2. The molecule has 2 aromatic rings. The van der Waals surface area contributed by atoms with E-state index in [4.69, 9.17) is 0 Å². The van der Waals surface area contributed by atoms with Crippen LogP contribution in [0.5, 0.6) is 0 Å². The molecular formula is C23H28FY+2. The van der Waals surface area contributed by atoms with E-state index >= 15 is 0 Å². The minimum absolute atomic E-state index is 0. The van der Waals surface area contributed by atoms with Crippen LogP contribution in [0.15, 0.2) is 42.5 Å². The van der Waals surface area contributed by atoms with Crippen LogP contribution in [0.2, 0.25) is 0 Å². The van der Waals surface area contributed by atoms with Gasteiger partial charge in [-0.1, -0.05) is 69.7 Å². The van der Waals surface area contributed by atoms with Gasteiger partial charge >= 0.3 is 32.7 Å². The van der Waals surface area contributed by atoms with E-state index in [0.717, 1.165) is 29.4 Å². The molecular weight excluding hydrogens is 384 g/mol. The van der Waals surface area contributed by atoms with Crippen LogP contribution in [-0.4, -0.2) is 0 Å². The van der Waals surface area contributed by atoms with Crippen LogP contribution in [0.4, 0.5) is 4.39 Å². The molecule has 2 aromatic carbocycles. The normalized spacial score (nSPS) is 20.1. The van der Waals surface area contributed by atoms with Gasteiger partial charge in [0.05, 0.1) is 0 Å². The second kappa shape index (κ2) is 10.6. The molecule has 0 amide bonds. The van der Waals surface area contributed by atoms with Crippen molar-refractivity contribution in [1.82, 2.24) is 0 Å². The van der Waals surface area contributed by atoms with Crippen molar-refractivity contribution in [3.05, 3.63) is 59.9 Å². The molecule has 1 aliphatic rings. The maximum atomic E-state index is 13.3. The number of aryl methyl sites for hydroxylation is 1. The summed E-state index contributed by atoms with van der Waals surface area (Å²) in [4.78, 5) is 0. The van der Waals surface area contributed by atoms with Gasteiger partial charge in [-0.15, -0.1) is 17.7 Å². The molecule has 128 valence electrons. The Morgan fingerprint density at radius 2 is 1.68 bits per heavy atom. The fourth-order valence-corrected chi connectivity index (χ4v) is 3.86. The van der Waals surface area contributed by atoms with Crippen LogP contribution in [0.25, 0.3) is 11.1 Å². The Labute approximate surface area is 177 Å². The molecule has 0 aliphatic heterocycles. The summed E-state index contributed by atoms with van der Waals surface area (Å²) in [5.41, 5.74) is 3.38. The summed E-state index contributed by atoms with van der Waals surface area (Å²) in [7, 11) is 0. The zero-order valence-corrected chi connectivity index (χ0v) is 18.1. The summed E-state index contributed by atoms with van der Waals surface area (Å²) in [5.74, 6) is 1.64. The van der Waals surface area contributed by atoms with Crippen LogP contribution in [-0.2, 0) is 39.1 Å². The molecule has 0 aromatic heterocycles. The summed E-state index contributed by atoms with van der Waals surface area (Å²) in [5, 5.41) is 0. The Morgan fingerprint density at radius 1 is 0.960 bits per heavy atom. The molecule has 0 radical (unpaired) electrons. The summed E-state index contributed by atoms with van der Waals surface area (Å²) >= 11 is 0. The monoisotopic (exact) mass is 412 g/mol. The minimum atomic E-state index is -0.298. The van der Waals surface area contributed by atoms with Gasteiger partial charge in [0, 0.05) is 5.82 Å². The van der Waals surface area contributed by atoms with Crippen molar-refractivity contribution in [2.24, 2.45) is 11.8 Å². The zero-order valence-electron chi connectivity index (χ0n) is 15.3. The predicted octanol–water partition coefficient (Wildman–Crippen LogP) is 6.83. The molecule has 0 bridgehead atoms. The van der Waals surface area contributed by atoms with Crippen molar-refractivity contribution >= 4 is 0 Å². The minimum Gasteiger partial charge on any atom is -0.236 e. The van der Waals surface area contributed by atoms with Gasteiger partial charge < -0.3 is 0 Å². The Morgan fingerprint density at radius 3 is 2.36 bits per heavy atom. The molecule has 1 saturated carbocycles. The number of halogens is 1. The summed E-state index contributed by atoms with van der Waals surface area (Å²) in [6.07, 6.45) is 10.9. The third-order valence-corrected chi connectivity index (χ3v) is 5.52. The molecule has 0 N–H and O–H groups in total. The van der Waals surface area contributed by atoms with Gasteiger partial charge in [-0.2, -0.15) is 12.1 Å². The second-order valence-corrected chi connectivity index (χ2v) is 7.49. The van der Waals surface area contributed by atoms with Gasteiger partial charge in [0.1, 0.15) is 0 Å². The Kier molecular flexibility index (Phi) is 8.80. The average Bonchev–Trinajstić information content (AvgIpc) is 2.61. The maximum absolute atomic E-state index is 13.3. The Balaban J connectivity index is 0.00000225. The van der Waals surface area contributed by atoms with Crippen LogP contribution < -0.4 is 0 Å². The topological polar surface area (TPSA) is 0 Å². The largest absolute Gasteiger partial charge is 3.00 e. The molecule has 0 nitrogen and oxygen atoms in total. The summed E-state index contributed by atoms with van der Waals surface area (Å²) < 4.78 is 13.3. The molecule has 2 heteroatoms. The quantitative estimate of drug-likeness (QED) is 0.360. The summed E-state index contributed by atoms with van der Waals surface area (Å²) in [6.45, 7) is 2.39. The first-order chi connectivity index (χ1) is 11.7. The molecule has 0 spiro atoms. The second-order valence-electron chi connectivity index (χ2n) is 7.49. The molecule has 25 heavy (non-hydrogen) atoms.